The number of methoxy groups -OCH3 is 1. The van der Waals surface area contributed by atoms with E-state index in [2.05, 4.69) is 21.1 Å². The van der Waals surface area contributed by atoms with Crippen LogP contribution in [0.5, 0.6) is 5.75 Å². The van der Waals surface area contributed by atoms with E-state index in [4.69, 9.17) is 9.57 Å². The second-order valence-electron chi connectivity index (χ2n) is 10.6. The number of likely N-dealkylation sites (N-methyl/N-ethyl adjacent to an activating group) is 1. The number of oxime groups is 1. The SMILES string of the molecule is COc1cc(C=C2CCCN3C2=NO[C@]3(CN(C)C(=O)c2ccccc2)c2ccc(F)cc2)ccc1-n1cnc(C)c1. The van der Waals surface area contributed by atoms with Crippen molar-refractivity contribution in [1.29, 1.82) is 0 Å². The van der Waals surface area contributed by atoms with Gasteiger partial charge in [-0.25, -0.2) is 9.37 Å². The van der Waals surface area contributed by atoms with Crippen molar-refractivity contribution in [3.05, 3.63) is 119 Å². The Balaban J connectivity index is 1.33. The van der Waals surface area contributed by atoms with Gasteiger partial charge >= 0.3 is 0 Å². The first-order valence-electron chi connectivity index (χ1n) is 13.9. The van der Waals surface area contributed by atoms with Gasteiger partial charge < -0.3 is 23.9 Å². The Morgan fingerprint density at radius 3 is 2.64 bits per heavy atom. The molecule has 3 aromatic carbocycles. The number of hydrogen-bond acceptors (Lipinski definition) is 6. The highest BCUT2D eigenvalue weighted by Gasteiger charge is 2.51. The molecule has 1 saturated heterocycles. The Hall–Kier alpha value is -4.92. The van der Waals surface area contributed by atoms with Crippen LogP contribution < -0.4 is 4.74 Å². The maximum atomic E-state index is 14.0. The molecule has 0 N–H and O–H groups in total. The van der Waals surface area contributed by atoms with E-state index in [-0.39, 0.29) is 18.3 Å². The molecule has 0 aliphatic carbocycles. The van der Waals surface area contributed by atoms with Crippen molar-refractivity contribution in [2.24, 2.45) is 5.16 Å². The summed E-state index contributed by atoms with van der Waals surface area (Å²) >= 11 is 0. The van der Waals surface area contributed by atoms with Gasteiger partial charge in [-0.05, 0) is 85.5 Å². The third kappa shape index (κ3) is 5.02. The molecule has 1 atom stereocenters. The number of benzene rings is 3. The van der Waals surface area contributed by atoms with Gasteiger partial charge in [0.2, 0.25) is 0 Å². The van der Waals surface area contributed by atoms with Gasteiger partial charge in [0.05, 0.1) is 31.4 Å². The highest BCUT2D eigenvalue weighted by Crippen LogP contribution is 2.41. The number of amides is 1. The Morgan fingerprint density at radius 1 is 1.14 bits per heavy atom. The predicted molar refractivity (Wildman–Crippen MR) is 159 cm³/mol. The normalized spacial score (nSPS) is 18.8. The number of amidine groups is 1. The minimum atomic E-state index is -1.11. The maximum Gasteiger partial charge on any atom is 0.254 e. The summed E-state index contributed by atoms with van der Waals surface area (Å²) in [7, 11) is 3.40. The number of aromatic nitrogens is 2. The number of piperidine rings is 1. The number of fused-ring (bicyclic) bond motifs is 1. The van der Waals surface area contributed by atoms with E-state index in [1.807, 2.05) is 54.1 Å². The third-order valence-corrected chi connectivity index (χ3v) is 7.74. The van der Waals surface area contributed by atoms with Crippen LogP contribution in [-0.4, -0.2) is 58.3 Å². The largest absolute Gasteiger partial charge is 0.495 e. The van der Waals surface area contributed by atoms with Crippen molar-refractivity contribution >= 4 is 17.8 Å². The molecule has 1 fully saturated rings. The Kier molecular flexibility index (Phi) is 7.24. The topological polar surface area (TPSA) is 72.2 Å². The van der Waals surface area contributed by atoms with Gasteiger partial charge in [0.25, 0.3) is 11.6 Å². The number of rotatable bonds is 7. The molecule has 42 heavy (non-hydrogen) atoms. The zero-order valence-corrected chi connectivity index (χ0v) is 23.8. The summed E-state index contributed by atoms with van der Waals surface area (Å²) in [6, 6.07) is 21.4. The van der Waals surface area contributed by atoms with E-state index in [1.165, 1.54) is 12.1 Å². The van der Waals surface area contributed by atoms with Gasteiger partial charge in [-0.1, -0.05) is 29.4 Å². The number of hydrogen-bond donors (Lipinski definition) is 0. The molecule has 0 radical (unpaired) electrons. The second-order valence-corrected chi connectivity index (χ2v) is 10.6. The first kappa shape index (κ1) is 27.3. The second kappa shape index (κ2) is 11.2. The molecule has 2 aliphatic heterocycles. The van der Waals surface area contributed by atoms with Crippen molar-refractivity contribution in [2.45, 2.75) is 25.5 Å². The number of imidazole rings is 1. The smallest absolute Gasteiger partial charge is 0.254 e. The summed E-state index contributed by atoms with van der Waals surface area (Å²) in [6.45, 7) is 2.81. The number of carbonyl (C=O) groups is 1. The van der Waals surface area contributed by atoms with E-state index in [0.717, 1.165) is 46.7 Å². The first-order valence-corrected chi connectivity index (χ1v) is 13.9. The Bertz CT molecular complexity index is 1660. The fourth-order valence-corrected chi connectivity index (χ4v) is 5.65. The van der Waals surface area contributed by atoms with Gasteiger partial charge in [-0.15, -0.1) is 0 Å². The molecule has 214 valence electrons. The number of ether oxygens (including phenoxy) is 1. The highest BCUT2D eigenvalue weighted by molar-refractivity contribution is 6.03. The van der Waals surface area contributed by atoms with Crippen LogP contribution in [0.4, 0.5) is 4.39 Å². The van der Waals surface area contributed by atoms with Gasteiger partial charge in [0, 0.05) is 30.9 Å². The molecule has 8 nitrogen and oxygen atoms in total. The van der Waals surface area contributed by atoms with E-state index in [1.54, 1.807) is 49.7 Å². The summed E-state index contributed by atoms with van der Waals surface area (Å²) in [5.74, 6) is 0.951. The van der Waals surface area contributed by atoms with Crippen molar-refractivity contribution in [2.75, 3.05) is 27.2 Å². The van der Waals surface area contributed by atoms with Crippen LogP contribution in [-0.2, 0) is 10.6 Å². The minimum absolute atomic E-state index is 0.137. The average Bonchev–Trinajstić information content (AvgIpc) is 3.62. The van der Waals surface area contributed by atoms with Crippen molar-refractivity contribution in [3.8, 4) is 11.4 Å². The summed E-state index contributed by atoms with van der Waals surface area (Å²) < 4.78 is 21.6. The van der Waals surface area contributed by atoms with Gasteiger partial charge in [-0.2, -0.15) is 0 Å². The molecular weight excluding hydrogens is 533 g/mol. The molecule has 2 aliphatic rings. The molecule has 4 aromatic rings. The summed E-state index contributed by atoms with van der Waals surface area (Å²) in [5.41, 5.74) is 3.98. The standard InChI is InChI=1S/C33H32FN5O3/c1-23-20-38(22-35-23)29-16-11-24(19-30(29)41-3)18-26-10-7-17-39-31(26)36-42-33(39,27-12-14-28(34)15-13-27)21-37(2)32(40)25-8-5-4-6-9-25/h4-6,8-9,11-16,18-20,22H,7,10,17,21H2,1-3H3/t33-/m1/s1. The van der Waals surface area contributed by atoms with Crippen LogP contribution >= 0.6 is 0 Å². The number of halogens is 1. The number of aryl methyl sites for hydroxylation is 1. The lowest BCUT2D eigenvalue weighted by atomic mass is 9.93. The van der Waals surface area contributed by atoms with Crippen LogP contribution in [0.15, 0.2) is 96.0 Å². The molecular formula is C33H32FN5O3. The van der Waals surface area contributed by atoms with E-state index in [9.17, 15) is 9.18 Å². The van der Waals surface area contributed by atoms with Crippen LogP contribution in [0.2, 0.25) is 0 Å². The third-order valence-electron chi connectivity index (χ3n) is 7.74. The summed E-state index contributed by atoms with van der Waals surface area (Å²) in [4.78, 5) is 27.7. The first-order chi connectivity index (χ1) is 20.4. The van der Waals surface area contributed by atoms with Gasteiger partial charge in [-0.3, -0.25) is 4.79 Å². The predicted octanol–water partition coefficient (Wildman–Crippen LogP) is 5.78. The lowest BCUT2D eigenvalue weighted by Crippen LogP contribution is -2.55. The maximum absolute atomic E-state index is 14.0. The fraction of sp³-hybridized carbons (Fsp3) is 0.242. The van der Waals surface area contributed by atoms with Crippen molar-refractivity contribution in [3.63, 3.8) is 0 Å². The Morgan fingerprint density at radius 2 is 1.93 bits per heavy atom. The molecule has 0 bridgehead atoms. The number of carbonyl (C=O) groups excluding carboxylic acids is 1. The quantitative estimate of drug-likeness (QED) is 0.284. The summed E-state index contributed by atoms with van der Waals surface area (Å²) in [6.07, 6.45) is 7.48. The molecule has 0 spiro atoms. The van der Waals surface area contributed by atoms with Crippen LogP contribution in [0.1, 0.15) is 40.0 Å². The number of nitrogens with zero attached hydrogens (tertiary/aromatic N) is 5. The van der Waals surface area contributed by atoms with Crippen molar-refractivity contribution in [1.82, 2.24) is 19.4 Å². The van der Waals surface area contributed by atoms with Crippen LogP contribution in [0.25, 0.3) is 11.8 Å². The van der Waals surface area contributed by atoms with E-state index < -0.39 is 5.72 Å². The molecule has 3 heterocycles. The molecule has 1 aromatic heterocycles. The monoisotopic (exact) mass is 565 g/mol. The molecule has 0 unspecified atom stereocenters. The highest BCUT2D eigenvalue weighted by atomic mass is 19.1. The van der Waals surface area contributed by atoms with E-state index >= 15 is 0 Å². The molecule has 6 rings (SSSR count). The van der Waals surface area contributed by atoms with Crippen LogP contribution in [0.3, 0.4) is 0 Å². The van der Waals surface area contributed by atoms with Gasteiger partial charge in [0.15, 0.2) is 5.84 Å². The lowest BCUT2D eigenvalue weighted by Gasteiger charge is -2.42. The zero-order chi connectivity index (χ0) is 29.3. The van der Waals surface area contributed by atoms with E-state index in [0.29, 0.717) is 17.9 Å². The molecule has 0 saturated carbocycles. The molecule has 1 amide bonds. The van der Waals surface area contributed by atoms with Crippen LogP contribution in [0, 0.1) is 12.7 Å². The van der Waals surface area contributed by atoms with Crippen molar-refractivity contribution < 1.29 is 18.8 Å². The summed E-state index contributed by atoms with van der Waals surface area (Å²) in [5, 5.41) is 4.58. The molecule has 9 heteroatoms. The Labute approximate surface area is 244 Å². The van der Waals surface area contributed by atoms with Gasteiger partial charge in [0.1, 0.15) is 11.6 Å². The average molecular weight is 566 g/mol. The lowest BCUT2D eigenvalue weighted by molar-refractivity contribution is -0.117. The zero-order valence-electron chi connectivity index (χ0n) is 23.8. The minimum Gasteiger partial charge on any atom is -0.495 e. The fourth-order valence-electron chi connectivity index (χ4n) is 5.65.